The van der Waals surface area contributed by atoms with E-state index >= 15 is 0 Å². The Morgan fingerprint density at radius 2 is 1.69 bits per heavy atom. The molecule has 0 aliphatic heterocycles. The van der Waals surface area contributed by atoms with Gasteiger partial charge in [0.2, 0.25) is 0 Å². The molecule has 0 saturated heterocycles. The summed E-state index contributed by atoms with van der Waals surface area (Å²) in [5.41, 5.74) is 5.04. The summed E-state index contributed by atoms with van der Waals surface area (Å²) in [6, 6.07) is 27.3. The fourth-order valence-electron chi connectivity index (χ4n) is 3.85. The van der Waals surface area contributed by atoms with Crippen LogP contribution in [-0.4, -0.2) is 30.9 Å². The number of hydrogen-bond donors (Lipinski definition) is 1. The average molecular weight is 535 g/mol. The predicted octanol–water partition coefficient (Wildman–Crippen LogP) is 4.91. The number of benzene rings is 3. The van der Waals surface area contributed by atoms with Crippen LogP contribution in [-0.2, 0) is 21.9 Å². The highest BCUT2D eigenvalue weighted by Gasteiger charge is 2.14. The molecule has 0 aliphatic carbocycles. The number of carbonyl (C=O) groups is 1. The van der Waals surface area contributed by atoms with Crippen molar-refractivity contribution < 1.29 is 9.53 Å². The van der Waals surface area contributed by atoms with Crippen LogP contribution in [0.25, 0.3) is 28.1 Å². The zero-order valence-electron chi connectivity index (χ0n) is 20.9. The van der Waals surface area contributed by atoms with Gasteiger partial charge < -0.3 is 9.72 Å². The lowest BCUT2D eigenvalue weighted by Crippen LogP contribution is -2.14. The van der Waals surface area contributed by atoms with Crippen molar-refractivity contribution in [3.05, 3.63) is 112 Å². The van der Waals surface area contributed by atoms with Crippen LogP contribution in [0.1, 0.15) is 23.7 Å². The van der Waals surface area contributed by atoms with E-state index in [4.69, 9.17) is 4.74 Å². The fourth-order valence-corrected chi connectivity index (χ4v) is 4.66. The monoisotopic (exact) mass is 534 g/mol. The summed E-state index contributed by atoms with van der Waals surface area (Å²) in [5.74, 6) is 0.175. The molecule has 39 heavy (non-hydrogen) atoms. The van der Waals surface area contributed by atoms with Crippen molar-refractivity contribution in [3.8, 4) is 34.1 Å². The van der Waals surface area contributed by atoms with Gasteiger partial charge in [0.15, 0.2) is 5.16 Å². The number of ether oxygens (including phenoxy) is 1. The molecule has 0 radical (unpaired) electrons. The standard InChI is InChI=1S/C29H22N6O3S/c1-19(36)38-17-24-16-35(34-33-24)25-13-7-20(8-14-25)18-39-29-31-27(26(15-30)28(37)32-29)23-11-9-22(10-12-23)21-5-3-2-4-6-21/h2-14,16H,17-18H2,1H3,(H,31,32,37). The smallest absolute Gasteiger partial charge is 0.303 e. The Kier molecular flexibility index (Phi) is 7.61. The molecule has 0 fully saturated rings. The summed E-state index contributed by atoms with van der Waals surface area (Å²) in [6.45, 7) is 1.41. The minimum Gasteiger partial charge on any atom is -0.459 e. The lowest BCUT2D eigenvalue weighted by Gasteiger charge is -2.08. The Labute approximate surface area is 228 Å². The number of nitrogens with zero attached hydrogens (tertiary/aromatic N) is 5. The number of rotatable bonds is 8. The van der Waals surface area contributed by atoms with Crippen molar-refractivity contribution in [2.24, 2.45) is 0 Å². The van der Waals surface area contributed by atoms with Crippen LogP contribution in [0.3, 0.4) is 0 Å². The van der Waals surface area contributed by atoms with Crippen molar-refractivity contribution in [2.75, 3.05) is 0 Å². The summed E-state index contributed by atoms with van der Waals surface area (Å²) in [4.78, 5) is 31.0. The third-order valence-corrected chi connectivity index (χ3v) is 6.76. The second-order valence-electron chi connectivity index (χ2n) is 8.54. The summed E-state index contributed by atoms with van der Waals surface area (Å²) >= 11 is 1.37. The first kappa shape index (κ1) is 25.6. The van der Waals surface area contributed by atoms with Gasteiger partial charge in [0.25, 0.3) is 5.56 Å². The van der Waals surface area contributed by atoms with Gasteiger partial charge in [-0.2, -0.15) is 5.26 Å². The zero-order chi connectivity index (χ0) is 27.2. The molecule has 0 spiro atoms. The van der Waals surface area contributed by atoms with E-state index in [0.717, 1.165) is 22.4 Å². The maximum absolute atomic E-state index is 12.7. The van der Waals surface area contributed by atoms with Crippen LogP contribution < -0.4 is 5.56 Å². The predicted molar refractivity (Wildman–Crippen MR) is 147 cm³/mol. The average Bonchev–Trinajstić information content (AvgIpc) is 3.45. The number of nitrogens with one attached hydrogen (secondary N) is 1. The Hall–Kier alpha value is -5.01. The Balaban J connectivity index is 1.30. The van der Waals surface area contributed by atoms with Gasteiger partial charge in [0, 0.05) is 18.2 Å². The number of aromatic nitrogens is 5. The van der Waals surface area contributed by atoms with Crippen molar-refractivity contribution >= 4 is 17.7 Å². The van der Waals surface area contributed by atoms with E-state index < -0.39 is 5.56 Å². The van der Waals surface area contributed by atoms with Gasteiger partial charge in [-0.25, -0.2) is 9.67 Å². The summed E-state index contributed by atoms with van der Waals surface area (Å²) in [7, 11) is 0. The van der Waals surface area contributed by atoms with Crippen LogP contribution in [0.4, 0.5) is 0 Å². The Morgan fingerprint density at radius 1 is 1.00 bits per heavy atom. The van der Waals surface area contributed by atoms with Crippen molar-refractivity contribution in [1.82, 2.24) is 25.0 Å². The maximum atomic E-state index is 12.7. The van der Waals surface area contributed by atoms with Gasteiger partial charge in [-0.3, -0.25) is 9.59 Å². The molecule has 192 valence electrons. The summed E-state index contributed by atoms with van der Waals surface area (Å²) in [6.07, 6.45) is 1.70. The normalized spacial score (nSPS) is 10.7. The molecular formula is C29H22N6O3S. The highest BCUT2D eigenvalue weighted by atomic mass is 32.2. The molecule has 10 heteroatoms. The molecular weight excluding hydrogens is 512 g/mol. The SMILES string of the molecule is CC(=O)OCc1cn(-c2ccc(CSc3nc(-c4ccc(-c5ccccc5)cc4)c(C#N)c(=O)[nH]3)cc2)nn1. The highest BCUT2D eigenvalue weighted by molar-refractivity contribution is 7.98. The lowest BCUT2D eigenvalue weighted by molar-refractivity contribution is -0.142. The lowest BCUT2D eigenvalue weighted by atomic mass is 10.0. The molecule has 0 aliphatic rings. The van der Waals surface area contributed by atoms with E-state index in [2.05, 4.69) is 20.3 Å². The molecule has 3 aromatic carbocycles. The molecule has 0 bridgehead atoms. The highest BCUT2D eigenvalue weighted by Crippen LogP contribution is 2.27. The number of H-pyrrole nitrogens is 1. The molecule has 2 heterocycles. The summed E-state index contributed by atoms with van der Waals surface area (Å²) in [5, 5.41) is 18.1. The van der Waals surface area contributed by atoms with Crippen LogP contribution in [0.15, 0.2) is 95.0 Å². The number of esters is 1. The minimum atomic E-state index is -0.469. The van der Waals surface area contributed by atoms with E-state index in [9.17, 15) is 14.9 Å². The van der Waals surface area contributed by atoms with Gasteiger partial charge in [-0.1, -0.05) is 83.7 Å². The molecule has 0 atom stereocenters. The molecule has 5 rings (SSSR count). The van der Waals surface area contributed by atoms with E-state index in [1.165, 1.54) is 18.7 Å². The molecule has 5 aromatic rings. The van der Waals surface area contributed by atoms with E-state index in [1.54, 1.807) is 10.9 Å². The second kappa shape index (κ2) is 11.6. The van der Waals surface area contributed by atoms with Crippen LogP contribution in [0, 0.1) is 11.3 Å². The number of nitriles is 1. The van der Waals surface area contributed by atoms with Crippen molar-refractivity contribution in [2.45, 2.75) is 24.4 Å². The topological polar surface area (TPSA) is 127 Å². The van der Waals surface area contributed by atoms with Crippen molar-refractivity contribution in [1.29, 1.82) is 5.26 Å². The van der Waals surface area contributed by atoms with E-state index in [0.29, 0.717) is 27.9 Å². The maximum Gasteiger partial charge on any atom is 0.303 e. The summed E-state index contributed by atoms with van der Waals surface area (Å²) < 4.78 is 6.55. The quantitative estimate of drug-likeness (QED) is 0.169. The molecule has 2 aromatic heterocycles. The first-order chi connectivity index (χ1) is 19.0. The molecule has 0 amide bonds. The molecule has 9 nitrogen and oxygen atoms in total. The second-order valence-corrected chi connectivity index (χ2v) is 9.50. The van der Waals surface area contributed by atoms with Crippen LogP contribution >= 0.6 is 11.8 Å². The number of thioether (sulfide) groups is 1. The van der Waals surface area contributed by atoms with Gasteiger partial charge in [0.05, 0.1) is 17.6 Å². The number of hydrogen-bond acceptors (Lipinski definition) is 8. The van der Waals surface area contributed by atoms with Crippen LogP contribution in [0.2, 0.25) is 0 Å². The van der Waals surface area contributed by atoms with E-state index in [1.807, 2.05) is 84.9 Å². The van der Waals surface area contributed by atoms with Gasteiger partial charge in [-0.05, 0) is 28.8 Å². The van der Waals surface area contributed by atoms with Gasteiger partial charge in [-0.15, -0.1) is 5.10 Å². The van der Waals surface area contributed by atoms with E-state index in [-0.39, 0.29) is 18.1 Å². The zero-order valence-corrected chi connectivity index (χ0v) is 21.7. The largest absolute Gasteiger partial charge is 0.459 e. The number of carbonyl (C=O) groups excluding carboxylic acids is 1. The first-order valence-electron chi connectivity index (χ1n) is 12.0. The Morgan fingerprint density at radius 3 is 2.38 bits per heavy atom. The fraction of sp³-hybridized carbons (Fsp3) is 0.103. The Bertz CT molecular complexity index is 1710. The van der Waals surface area contributed by atoms with Gasteiger partial charge >= 0.3 is 5.97 Å². The molecule has 0 saturated carbocycles. The third-order valence-electron chi connectivity index (χ3n) is 5.82. The minimum absolute atomic E-state index is 0.0166. The molecule has 0 unspecified atom stereocenters. The third kappa shape index (κ3) is 6.11. The van der Waals surface area contributed by atoms with Crippen LogP contribution in [0.5, 0.6) is 0 Å². The molecule has 1 N–H and O–H groups in total. The van der Waals surface area contributed by atoms with Crippen molar-refractivity contribution in [3.63, 3.8) is 0 Å². The van der Waals surface area contributed by atoms with Gasteiger partial charge in [0.1, 0.15) is 23.9 Å². The number of aromatic amines is 1. The first-order valence-corrected chi connectivity index (χ1v) is 13.0.